The summed E-state index contributed by atoms with van der Waals surface area (Å²) in [6, 6.07) is 0. The first-order valence-corrected chi connectivity index (χ1v) is 2.29. The molecule has 0 saturated heterocycles. The van der Waals surface area contributed by atoms with Crippen LogP contribution in [0, 0.1) is 0 Å². The quantitative estimate of drug-likeness (QED) is 0.230. The van der Waals surface area contributed by atoms with Gasteiger partial charge in [0.05, 0.1) is 0 Å². The fourth-order valence-electron chi connectivity index (χ4n) is 0.109. The average molecular weight is 129 g/mol. The standard InChI is InChI=1S/C4H5O3Si/c1-3(2)4(5)6-7-8/h1H2,2H3. The van der Waals surface area contributed by atoms with Gasteiger partial charge in [0.15, 0.2) is 0 Å². The SMILES string of the molecule is C=C(C)C(=O)OO[Si]. The lowest BCUT2D eigenvalue weighted by Crippen LogP contribution is -2.03. The van der Waals surface area contributed by atoms with Gasteiger partial charge in [0.2, 0.25) is 0 Å². The Balaban J connectivity index is 3.49. The van der Waals surface area contributed by atoms with Gasteiger partial charge in [0.25, 0.3) is 0 Å². The second-order valence-electron chi connectivity index (χ2n) is 1.23. The Hall–Kier alpha value is -0.613. The van der Waals surface area contributed by atoms with Crippen molar-refractivity contribution in [3.05, 3.63) is 12.2 Å². The van der Waals surface area contributed by atoms with Crippen LogP contribution in [0.5, 0.6) is 0 Å². The molecule has 0 spiro atoms. The van der Waals surface area contributed by atoms with Crippen molar-refractivity contribution in [1.82, 2.24) is 0 Å². The molecule has 0 bridgehead atoms. The van der Waals surface area contributed by atoms with Crippen molar-refractivity contribution in [3.63, 3.8) is 0 Å². The van der Waals surface area contributed by atoms with Crippen molar-refractivity contribution < 1.29 is 14.3 Å². The maximum absolute atomic E-state index is 10.3. The van der Waals surface area contributed by atoms with E-state index in [1.54, 1.807) is 0 Å². The molecule has 0 aromatic heterocycles. The first-order chi connectivity index (χ1) is 3.68. The van der Waals surface area contributed by atoms with E-state index in [0.717, 1.165) is 0 Å². The van der Waals surface area contributed by atoms with Crippen molar-refractivity contribution in [2.24, 2.45) is 0 Å². The zero-order valence-electron chi connectivity index (χ0n) is 4.43. The minimum absolute atomic E-state index is 0.295. The van der Waals surface area contributed by atoms with Gasteiger partial charge in [0.1, 0.15) is 0 Å². The molecule has 3 radical (unpaired) electrons. The molecule has 0 unspecified atom stereocenters. The smallest absolute Gasteiger partial charge is 0.306 e. The molecule has 43 valence electrons. The third-order valence-corrected chi connectivity index (χ3v) is 0.549. The highest BCUT2D eigenvalue weighted by Gasteiger charge is 2.00. The minimum Gasteiger partial charge on any atom is -0.306 e. The predicted octanol–water partition coefficient (Wildman–Crippen LogP) is 0.121. The van der Waals surface area contributed by atoms with Gasteiger partial charge in [-0.05, 0) is 6.92 Å². The van der Waals surface area contributed by atoms with Gasteiger partial charge >= 0.3 is 16.5 Å². The van der Waals surface area contributed by atoms with Crippen LogP contribution in [0.4, 0.5) is 0 Å². The molecule has 0 atom stereocenters. The topological polar surface area (TPSA) is 35.5 Å². The van der Waals surface area contributed by atoms with Crippen LogP contribution in [-0.4, -0.2) is 16.5 Å². The fourth-order valence-corrected chi connectivity index (χ4v) is 0.185. The first kappa shape index (κ1) is 7.39. The van der Waals surface area contributed by atoms with E-state index >= 15 is 0 Å². The largest absolute Gasteiger partial charge is 0.366 e. The van der Waals surface area contributed by atoms with Crippen molar-refractivity contribution in [2.75, 3.05) is 0 Å². The number of carbonyl (C=O) groups excluding carboxylic acids is 1. The Morgan fingerprint density at radius 3 is 2.38 bits per heavy atom. The third-order valence-electron chi connectivity index (χ3n) is 0.466. The van der Waals surface area contributed by atoms with E-state index in [0.29, 0.717) is 5.57 Å². The van der Waals surface area contributed by atoms with Crippen LogP contribution >= 0.6 is 0 Å². The number of rotatable bonds is 2. The lowest BCUT2D eigenvalue weighted by molar-refractivity contribution is -0.206. The molecule has 0 aromatic carbocycles. The van der Waals surface area contributed by atoms with Crippen molar-refractivity contribution in [3.8, 4) is 0 Å². The van der Waals surface area contributed by atoms with Gasteiger partial charge in [-0.1, -0.05) is 6.58 Å². The molecular formula is C4H5O3Si. The highest BCUT2D eigenvalue weighted by atomic mass is 28.2. The maximum atomic E-state index is 10.3. The van der Waals surface area contributed by atoms with Gasteiger partial charge in [-0.3, -0.25) is 0 Å². The summed E-state index contributed by atoms with van der Waals surface area (Å²) in [6.45, 7) is 4.82. The monoisotopic (exact) mass is 129 g/mol. The van der Waals surface area contributed by atoms with Gasteiger partial charge in [-0.25, -0.2) is 9.37 Å². The fraction of sp³-hybridized carbons (Fsp3) is 0.250. The van der Waals surface area contributed by atoms with E-state index in [9.17, 15) is 4.79 Å². The van der Waals surface area contributed by atoms with Crippen LogP contribution in [0.25, 0.3) is 0 Å². The van der Waals surface area contributed by atoms with E-state index in [4.69, 9.17) is 0 Å². The predicted molar refractivity (Wildman–Crippen MR) is 27.7 cm³/mol. The Labute approximate surface area is 50.8 Å². The molecule has 0 aromatic rings. The highest BCUT2D eigenvalue weighted by molar-refractivity contribution is 5.98. The van der Waals surface area contributed by atoms with Gasteiger partial charge < -0.3 is 4.89 Å². The Kier molecular flexibility index (Phi) is 3.14. The maximum Gasteiger partial charge on any atom is 0.366 e. The molecule has 0 amide bonds. The molecule has 0 heterocycles. The van der Waals surface area contributed by atoms with Crippen LogP contribution < -0.4 is 0 Å². The van der Waals surface area contributed by atoms with E-state index in [1.807, 2.05) is 0 Å². The molecule has 0 aliphatic carbocycles. The lowest BCUT2D eigenvalue weighted by Gasteiger charge is -1.95. The van der Waals surface area contributed by atoms with Gasteiger partial charge in [-0.2, -0.15) is 0 Å². The number of carbonyl (C=O) groups is 1. The summed E-state index contributed by atoms with van der Waals surface area (Å²) in [5, 5.41) is 0. The highest BCUT2D eigenvalue weighted by Crippen LogP contribution is 1.89. The number of hydrogen-bond donors (Lipinski definition) is 0. The summed E-state index contributed by atoms with van der Waals surface area (Å²) in [5.41, 5.74) is 0.295. The Morgan fingerprint density at radius 1 is 1.75 bits per heavy atom. The summed E-state index contributed by atoms with van der Waals surface area (Å²) >= 11 is 0. The summed E-state index contributed by atoms with van der Waals surface area (Å²) in [4.78, 5) is 14.2. The zero-order chi connectivity index (χ0) is 6.57. The first-order valence-electron chi connectivity index (χ1n) is 1.88. The van der Waals surface area contributed by atoms with Crippen LogP contribution in [0.3, 0.4) is 0 Å². The van der Waals surface area contributed by atoms with Gasteiger partial charge in [-0.15, -0.1) is 0 Å². The second-order valence-corrected chi connectivity index (χ2v) is 1.40. The lowest BCUT2D eigenvalue weighted by atomic mass is 10.4. The van der Waals surface area contributed by atoms with E-state index in [-0.39, 0.29) is 0 Å². The Morgan fingerprint density at radius 2 is 2.25 bits per heavy atom. The van der Waals surface area contributed by atoms with Crippen molar-refractivity contribution in [2.45, 2.75) is 6.92 Å². The van der Waals surface area contributed by atoms with Crippen LogP contribution in [0.15, 0.2) is 12.2 Å². The summed E-state index contributed by atoms with van der Waals surface area (Å²) in [7, 11) is 2.48. The molecule has 0 aliphatic rings. The van der Waals surface area contributed by atoms with Gasteiger partial charge in [0, 0.05) is 5.57 Å². The normalized spacial score (nSPS) is 8.25. The van der Waals surface area contributed by atoms with Crippen LogP contribution in [-0.2, 0) is 14.3 Å². The van der Waals surface area contributed by atoms with Crippen LogP contribution in [0.2, 0.25) is 0 Å². The molecule has 0 fully saturated rings. The van der Waals surface area contributed by atoms with Crippen molar-refractivity contribution >= 4 is 16.5 Å². The minimum atomic E-state index is -0.583. The van der Waals surface area contributed by atoms with Crippen LogP contribution in [0.1, 0.15) is 6.92 Å². The number of hydrogen-bond acceptors (Lipinski definition) is 3. The summed E-state index contributed by atoms with van der Waals surface area (Å²) in [6.07, 6.45) is 0. The summed E-state index contributed by atoms with van der Waals surface area (Å²) in [5.74, 6) is -0.583. The zero-order valence-corrected chi connectivity index (χ0v) is 5.43. The molecular weight excluding hydrogens is 124 g/mol. The molecule has 4 heteroatoms. The van der Waals surface area contributed by atoms with E-state index in [2.05, 4.69) is 26.5 Å². The molecule has 0 aliphatic heterocycles. The van der Waals surface area contributed by atoms with E-state index in [1.165, 1.54) is 6.92 Å². The molecule has 8 heavy (non-hydrogen) atoms. The third kappa shape index (κ3) is 2.54. The van der Waals surface area contributed by atoms with Crippen molar-refractivity contribution in [1.29, 1.82) is 0 Å². The summed E-state index contributed by atoms with van der Waals surface area (Å²) < 4.78 is 3.86. The Bertz CT molecular complexity index is 110. The molecule has 0 saturated carbocycles. The second kappa shape index (κ2) is 3.40. The average Bonchev–Trinajstić information content (AvgIpc) is 1.67. The molecule has 0 N–H and O–H groups in total. The van der Waals surface area contributed by atoms with E-state index < -0.39 is 5.97 Å². The molecule has 0 rings (SSSR count). The molecule has 3 nitrogen and oxygen atoms in total.